The van der Waals surface area contributed by atoms with Crippen molar-refractivity contribution < 1.29 is 19.7 Å². The molecule has 0 radical (unpaired) electrons. The Morgan fingerprint density at radius 3 is 2.12 bits per heavy atom. The van der Waals surface area contributed by atoms with Gasteiger partial charge in [-0.1, -0.05) is 58.8 Å². The fraction of sp³-hybridized carbons (Fsp3) is 0.950. The number of hydrogen-bond acceptors (Lipinski definition) is 4. The standard InChI is InChI=1S/C20H39NO4/c1-6-15(7-2)17(22)18(23)16(13-14-11-9-8-10-12-14)25-19(24)21-20(3,4)5/h14-18,22-23H,6-13H2,1-5H3,(H,21,24)/t16-,17?,18-/m0/s1. The van der Waals surface area contributed by atoms with Gasteiger partial charge in [-0.25, -0.2) is 4.79 Å². The normalized spacial score (nSPS) is 20.2. The zero-order valence-corrected chi connectivity index (χ0v) is 16.8. The maximum Gasteiger partial charge on any atom is 0.407 e. The number of aliphatic hydroxyl groups is 2. The summed E-state index contributed by atoms with van der Waals surface area (Å²) in [7, 11) is 0. The van der Waals surface area contributed by atoms with E-state index in [9.17, 15) is 15.0 Å². The van der Waals surface area contributed by atoms with Crippen LogP contribution in [0.5, 0.6) is 0 Å². The first-order valence-electron chi connectivity index (χ1n) is 10.0. The number of carbonyl (C=O) groups excluding carboxylic acids is 1. The number of alkyl carbamates (subject to hydrolysis) is 1. The second-order valence-corrected chi connectivity index (χ2v) is 8.62. The third kappa shape index (κ3) is 7.95. The molecule has 1 aliphatic carbocycles. The molecule has 25 heavy (non-hydrogen) atoms. The van der Waals surface area contributed by atoms with Crippen LogP contribution >= 0.6 is 0 Å². The summed E-state index contributed by atoms with van der Waals surface area (Å²) in [5, 5.41) is 24.1. The van der Waals surface area contributed by atoms with Crippen LogP contribution in [0.3, 0.4) is 0 Å². The molecule has 1 rings (SSSR count). The van der Waals surface area contributed by atoms with Gasteiger partial charge in [0.05, 0.1) is 6.10 Å². The zero-order valence-electron chi connectivity index (χ0n) is 16.8. The summed E-state index contributed by atoms with van der Waals surface area (Å²) in [4.78, 5) is 12.2. The second-order valence-electron chi connectivity index (χ2n) is 8.62. The van der Waals surface area contributed by atoms with Gasteiger partial charge in [0.1, 0.15) is 12.2 Å². The van der Waals surface area contributed by atoms with Crippen molar-refractivity contribution in [3.8, 4) is 0 Å². The molecule has 1 unspecified atom stereocenters. The SMILES string of the molecule is CCC(CC)C(O)[C@@H](O)[C@H](CC1CCCCC1)OC(=O)NC(C)(C)C. The number of carbonyl (C=O) groups is 1. The van der Waals surface area contributed by atoms with Crippen LogP contribution in [0.1, 0.15) is 86.0 Å². The van der Waals surface area contributed by atoms with Crippen LogP contribution in [0.2, 0.25) is 0 Å². The quantitative estimate of drug-likeness (QED) is 0.613. The highest BCUT2D eigenvalue weighted by atomic mass is 16.6. The molecule has 0 aromatic rings. The van der Waals surface area contributed by atoms with Crippen molar-refractivity contribution in [2.45, 2.75) is 110 Å². The molecule has 1 aliphatic rings. The lowest BCUT2D eigenvalue weighted by Gasteiger charge is -2.34. The molecule has 1 saturated carbocycles. The molecule has 0 heterocycles. The van der Waals surface area contributed by atoms with Crippen molar-refractivity contribution in [3.05, 3.63) is 0 Å². The Hall–Kier alpha value is -0.810. The summed E-state index contributed by atoms with van der Waals surface area (Å²) in [6.07, 6.45) is 4.95. The van der Waals surface area contributed by atoms with Crippen molar-refractivity contribution in [1.82, 2.24) is 5.32 Å². The maximum atomic E-state index is 12.2. The first-order valence-corrected chi connectivity index (χ1v) is 10.0. The number of ether oxygens (including phenoxy) is 1. The van der Waals surface area contributed by atoms with E-state index < -0.39 is 29.9 Å². The minimum Gasteiger partial charge on any atom is -0.443 e. The van der Waals surface area contributed by atoms with Crippen molar-refractivity contribution in [2.24, 2.45) is 11.8 Å². The molecule has 148 valence electrons. The molecule has 0 saturated heterocycles. The molecule has 5 nitrogen and oxygen atoms in total. The van der Waals surface area contributed by atoms with E-state index in [4.69, 9.17) is 4.74 Å². The lowest BCUT2D eigenvalue weighted by molar-refractivity contribution is -0.0927. The van der Waals surface area contributed by atoms with Crippen molar-refractivity contribution >= 4 is 6.09 Å². The summed E-state index contributed by atoms with van der Waals surface area (Å²) < 4.78 is 5.59. The minimum absolute atomic E-state index is 0.0122. The summed E-state index contributed by atoms with van der Waals surface area (Å²) in [5.41, 5.74) is -0.397. The Morgan fingerprint density at radius 2 is 1.64 bits per heavy atom. The van der Waals surface area contributed by atoms with Crippen LogP contribution < -0.4 is 5.32 Å². The molecule has 0 bridgehead atoms. The van der Waals surface area contributed by atoms with Crippen molar-refractivity contribution in [3.63, 3.8) is 0 Å². The molecular formula is C20H39NO4. The Bertz CT molecular complexity index is 384. The summed E-state index contributed by atoms with van der Waals surface area (Å²) in [6.45, 7) is 9.68. The molecule has 0 aromatic carbocycles. The highest BCUT2D eigenvalue weighted by Gasteiger charge is 2.35. The molecule has 0 aromatic heterocycles. The van der Waals surface area contributed by atoms with Crippen LogP contribution in [0.4, 0.5) is 4.79 Å². The fourth-order valence-electron chi connectivity index (χ4n) is 3.75. The van der Waals surface area contributed by atoms with Gasteiger partial charge in [-0.15, -0.1) is 0 Å². The third-order valence-corrected chi connectivity index (χ3v) is 5.29. The Labute approximate surface area is 153 Å². The number of rotatable bonds is 8. The van der Waals surface area contributed by atoms with E-state index in [-0.39, 0.29) is 5.92 Å². The predicted molar refractivity (Wildman–Crippen MR) is 100 cm³/mol. The van der Waals surface area contributed by atoms with Crippen molar-refractivity contribution in [1.29, 1.82) is 0 Å². The summed E-state index contributed by atoms with van der Waals surface area (Å²) in [6, 6.07) is 0. The Morgan fingerprint density at radius 1 is 1.08 bits per heavy atom. The molecular weight excluding hydrogens is 318 g/mol. The monoisotopic (exact) mass is 357 g/mol. The van der Waals surface area contributed by atoms with Crippen LogP contribution in [0, 0.1) is 11.8 Å². The van der Waals surface area contributed by atoms with Crippen LogP contribution in [0.15, 0.2) is 0 Å². The van der Waals surface area contributed by atoms with E-state index in [0.717, 1.165) is 25.7 Å². The summed E-state index contributed by atoms with van der Waals surface area (Å²) >= 11 is 0. The smallest absolute Gasteiger partial charge is 0.407 e. The minimum atomic E-state index is -1.04. The van der Waals surface area contributed by atoms with E-state index in [0.29, 0.717) is 12.3 Å². The van der Waals surface area contributed by atoms with Gasteiger partial charge >= 0.3 is 6.09 Å². The van der Waals surface area contributed by atoms with Crippen LogP contribution in [-0.4, -0.2) is 40.2 Å². The lowest BCUT2D eigenvalue weighted by atomic mass is 9.82. The number of aliphatic hydroxyl groups excluding tert-OH is 2. The topological polar surface area (TPSA) is 78.8 Å². The van der Waals surface area contributed by atoms with Gasteiger partial charge < -0.3 is 20.3 Å². The van der Waals surface area contributed by atoms with E-state index in [2.05, 4.69) is 5.32 Å². The van der Waals surface area contributed by atoms with Crippen molar-refractivity contribution in [2.75, 3.05) is 0 Å². The third-order valence-electron chi connectivity index (χ3n) is 5.29. The van der Waals surface area contributed by atoms with Gasteiger partial charge in [0.15, 0.2) is 0 Å². The van der Waals surface area contributed by atoms with Gasteiger partial charge in [0, 0.05) is 5.54 Å². The first-order chi connectivity index (χ1) is 11.7. The average Bonchev–Trinajstić information content (AvgIpc) is 2.53. The van der Waals surface area contributed by atoms with Gasteiger partial charge in [0.2, 0.25) is 0 Å². The van der Waals surface area contributed by atoms with E-state index in [1.165, 1.54) is 19.3 Å². The van der Waals surface area contributed by atoms with Crippen LogP contribution in [0.25, 0.3) is 0 Å². The Balaban J connectivity index is 2.79. The van der Waals surface area contributed by atoms with E-state index in [1.54, 1.807) is 0 Å². The second kappa shape index (κ2) is 10.4. The maximum absolute atomic E-state index is 12.2. The molecule has 3 N–H and O–H groups in total. The van der Waals surface area contributed by atoms with Gasteiger partial charge in [-0.3, -0.25) is 0 Å². The molecule has 5 heteroatoms. The molecule has 1 fully saturated rings. The van der Waals surface area contributed by atoms with E-state index >= 15 is 0 Å². The molecule has 3 atom stereocenters. The van der Waals surface area contributed by atoms with Gasteiger partial charge in [0.25, 0.3) is 0 Å². The number of nitrogens with one attached hydrogen (secondary N) is 1. The van der Waals surface area contributed by atoms with Crippen LogP contribution in [-0.2, 0) is 4.74 Å². The highest BCUT2D eigenvalue weighted by Crippen LogP contribution is 2.30. The van der Waals surface area contributed by atoms with Gasteiger partial charge in [-0.2, -0.15) is 0 Å². The summed E-state index contributed by atoms with van der Waals surface area (Å²) in [5.74, 6) is 0.461. The zero-order chi connectivity index (χ0) is 19.0. The highest BCUT2D eigenvalue weighted by molar-refractivity contribution is 5.68. The molecule has 0 aliphatic heterocycles. The Kier molecular flexibility index (Phi) is 9.22. The van der Waals surface area contributed by atoms with Gasteiger partial charge in [-0.05, 0) is 39.0 Å². The van der Waals surface area contributed by atoms with E-state index in [1.807, 2.05) is 34.6 Å². The largest absolute Gasteiger partial charge is 0.443 e. The fourth-order valence-corrected chi connectivity index (χ4v) is 3.75. The predicted octanol–water partition coefficient (Wildman–Crippen LogP) is 4.01. The molecule has 1 amide bonds. The lowest BCUT2D eigenvalue weighted by Crippen LogP contribution is -2.48. The first kappa shape index (κ1) is 22.2. The average molecular weight is 358 g/mol. The number of hydrogen-bond donors (Lipinski definition) is 3. The molecule has 0 spiro atoms. The number of amides is 1.